The molecule has 2 aromatic heterocycles. The van der Waals surface area contributed by atoms with Gasteiger partial charge in [0.1, 0.15) is 22.8 Å². The number of thioether (sulfide) groups is 2. The second-order valence-electron chi connectivity index (χ2n) is 6.35. The Hall–Kier alpha value is -2.46. The van der Waals surface area contributed by atoms with E-state index in [-0.39, 0.29) is 47.0 Å². The number of carbonyl (C=O) groups excluding carboxylic acids is 2. The maximum atomic E-state index is 12.7. The number of β-lactam (4-membered cyclic amide) rings is 1. The zero-order chi connectivity index (χ0) is 22.1. The van der Waals surface area contributed by atoms with Crippen molar-refractivity contribution in [1.82, 2.24) is 25.4 Å². The number of hydrogen-bond donors (Lipinski definition) is 5. The zero-order valence-corrected chi connectivity index (χ0v) is 20.4. The van der Waals surface area contributed by atoms with Crippen molar-refractivity contribution < 1.29 is 24.7 Å². The largest absolute Gasteiger partial charge is 0.477 e. The third-order valence-electron chi connectivity index (χ3n) is 4.47. The summed E-state index contributed by atoms with van der Waals surface area (Å²) in [5, 5.41) is 32.0. The fourth-order valence-electron chi connectivity index (χ4n) is 3.05. The zero-order valence-electron chi connectivity index (χ0n) is 16.3. The monoisotopic (exact) mass is 553 g/mol. The van der Waals surface area contributed by atoms with E-state index in [9.17, 15) is 24.7 Å². The maximum Gasteiger partial charge on any atom is 0.353 e. The van der Waals surface area contributed by atoms with E-state index in [0.717, 1.165) is 16.9 Å². The second-order valence-corrected chi connectivity index (χ2v) is 9.42. The predicted octanol–water partition coefficient (Wildman–Crippen LogP) is 1.10. The normalized spacial score (nSPS) is 19.7. The van der Waals surface area contributed by atoms with E-state index in [0.29, 0.717) is 16.4 Å². The van der Waals surface area contributed by atoms with E-state index < -0.39 is 29.2 Å². The number of aliphatic carboxylic acids is 1. The summed E-state index contributed by atoms with van der Waals surface area (Å²) in [4.78, 5) is 42.7. The number of H-pyrrole nitrogens is 1. The van der Waals surface area contributed by atoms with Crippen molar-refractivity contribution in [2.75, 3.05) is 11.5 Å². The Kier molecular flexibility index (Phi) is 9.02. The molecule has 2 amide bonds. The van der Waals surface area contributed by atoms with Gasteiger partial charge in [0.2, 0.25) is 0 Å². The molecule has 2 aliphatic rings. The highest BCUT2D eigenvalue weighted by molar-refractivity contribution is 8.05. The number of hydrogen-bond acceptors (Lipinski definition) is 11. The number of carboxylic acids is 1. The first-order chi connectivity index (χ1) is 14.9. The van der Waals surface area contributed by atoms with Crippen LogP contribution in [0.15, 0.2) is 33.5 Å². The standard InChI is InChI=1S/C16H15N7O5S3.2ClH/c17-16-20-7(4-31-16)9(22-28)12(24)21-10-13(25)23-11(15(26)27)8(5-30-14(10)23)29-3-6-1-18-19-2-6;;/h1-2,4,10,14,28H,3,5H2,(H2,17,20)(H,18,19)(H,21,24)(H,26,27);2*1H/b22-9-;;/t10-,14-;;/m1../s1. The molecule has 178 valence electrons. The van der Waals surface area contributed by atoms with Crippen LogP contribution < -0.4 is 11.1 Å². The number of halogens is 2. The lowest BCUT2D eigenvalue weighted by atomic mass is 10.0. The molecule has 33 heavy (non-hydrogen) atoms. The average molecular weight is 554 g/mol. The van der Waals surface area contributed by atoms with Gasteiger partial charge in [-0.3, -0.25) is 19.6 Å². The number of nitrogens with one attached hydrogen (secondary N) is 2. The average Bonchev–Trinajstić information content (AvgIpc) is 3.42. The molecule has 0 aromatic carbocycles. The molecular formula is C16H17Cl2N7O5S3. The highest BCUT2D eigenvalue weighted by atomic mass is 35.5. The van der Waals surface area contributed by atoms with Crippen LogP contribution in [-0.4, -0.2) is 71.1 Å². The molecule has 2 aliphatic heterocycles. The van der Waals surface area contributed by atoms with E-state index in [2.05, 4.69) is 25.7 Å². The molecule has 0 spiro atoms. The number of amides is 2. The lowest BCUT2D eigenvalue weighted by Gasteiger charge is -2.49. The number of aromatic nitrogens is 3. The topological polar surface area (TPSA) is 187 Å². The molecule has 2 atom stereocenters. The van der Waals surface area contributed by atoms with Crippen LogP contribution in [0.5, 0.6) is 0 Å². The first-order valence-electron chi connectivity index (χ1n) is 8.66. The number of nitrogens with two attached hydrogens (primary N) is 1. The van der Waals surface area contributed by atoms with Crippen LogP contribution in [0.25, 0.3) is 0 Å². The fraction of sp³-hybridized carbons (Fsp3) is 0.250. The Bertz CT molecular complexity index is 1110. The maximum absolute atomic E-state index is 12.7. The van der Waals surface area contributed by atoms with Crippen molar-refractivity contribution in [1.29, 1.82) is 0 Å². The van der Waals surface area contributed by atoms with Gasteiger partial charge in [0.25, 0.3) is 11.8 Å². The molecule has 0 aliphatic carbocycles. The molecule has 2 aromatic rings. The summed E-state index contributed by atoms with van der Waals surface area (Å²) >= 11 is 3.73. The van der Waals surface area contributed by atoms with Crippen LogP contribution in [0.1, 0.15) is 11.3 Å². The number of anilines is 1. The lowest BCUT2D eigenvalue weighted by Crippen LogP contribution is -2.71. The van der Waals surface area contributed by atoms with Gasteiger partial charge >= 0.3 is 5.97 Å². The van der Waals surface area contributed by atoms with Gasteiger partial charge in [0.15, 0.2) is 10.8 Å². The number of oxime groups is 1. The summed E-state index contributed by atoms with van der Waals surface area (Å²) < 4.78 is 0. The molecule has 17 heteroatoms. The molecule has 1 saturated heterocycles. The summed E-state index contributed by atoms with van der Waals surface area (Å²) in [7, 11) is 0. The predicted molar refractivity (Wildman–Crippen MR) is 129 cm³/mol. The lowest BCUT2D eigenvalue weighted by molar-refractivity contribution is -0.150. The third-order valence-corrected chi connectivity index (χ3v) is 7.77. The Morgan fingerprint density at radius 2 is 2.18 bits per heavy atom. The van der Waals surface area contributed by atoms with Crippen molar-refractivity contribution in [2.24, 2.45) is 5.16 Å². The number of aromatic amines is 1. The Balaban J connectivity index is 0.00000193. The number of nitrogen functional groups attached to an aromatic ring is 1. The van der Waals surface area contributed by atoms with Gasteiger partial charge in [0.05, 0.1) is 6.20 Å². The first-order valence-corrected chi connectivity index (χ1v) is 11.6. The number of rotatable bonds is 7. The molecule has 0 bridgehead atoms. The summed E-state index contributed by atoms with van der Waals surface area (Å²) in [6.45, 7) is 0. The molecule has 4 rings (SSSR count). The van der Waals surface area contributed by atoms with Crippen LogP contribution in [0.2, 0.25) is 0 Å². The smallest absolute Gasteiger partial charge is 0.353 e. The first kappa shape index (κ1) is 26.8. The van der Waals surface area contributed by atoms with Crippen LogP contribution in [0.3, 0.4) is 0 Å². The molecule has 12 nitrogen and oxygen atoms in total. The SMILES string of the molecule is Cl.Cl.Nc1nc(/C(=N/O)C(=O)N[C@@H]2C(=O)N3C(C(=O)O)=C(SCc4cn[nH]c4)CS[C@H]23)cs1. The van der Waals surface area contributed by atoms with Crippen LogP contribution in [0.4, 0.5) is 5.13 Å². The number of fused-ring (bicyclic) bond motifs is 1. The van der Waals surface area contributed by atoms with Crippen molar-refractivity contribution in [3.8, 4) is 0 Å². The minimum absolute atomic E-state index is 0. The number of carbonyl (C=O) groups is 3. The Morgan fingerprint density at radius 3 is 2.76 bits per heavy atom. The second kappa shape index (κ2) is 11.1. The summed E-state index contributed by atoms with van der Waals surface area (Å²) in [6, 6.07) is -0.958. The molecule has 0 unspecified atom stereocenters. The molecule has 1 fully saturated rings. The number of carboxylic acid groups (broad SMARTS) is 1. The fourth-order valence-corrected chi connectivity index (χ4v) is 6.15. The van der Waals surface area contributed by atoms with E-state index in [1.165, 1.54) is 33.8 Å². The van der Waals surface area contributed by atoms with Gasteiger partial charge in [-0.2, -0.15) is 5.10 Å². The van der Waals surface area contributed by atoms with Crippen molar-refractivity contribution in [2.45, 2.75) is 17.2 Å². The van der Waals surface area contributed by atoms with Gasteiger partial charge in [-0.25, -0.2) is 9.78 Å². The minimum Gasteiger partial charge on any atom is -0.477 e. The van der Waals surface area contributed by atoms with Gasteiger partial charge in [-0.15, -0.1) is 59.7 Å². The summed E-state index contributed by atoms with van der Waals surface area (Å²) in [5.41, 5.74) is 6.04. The highest BCUT2D eigenvalue weighted by Gasteiger charge is 2.54. The van der Waals surface area contributed by atoms with Gasteiger partial charge < -0.3 is 21.4 Å². The highest BCUT2D eigenvalue weighted by Crippen LogP contribution is 2.44. The number of thiazole rings is 1. The third kappa shape index (κ3) is 5.22. The molecule has 0 saturated carbocycles. The van der Waals surface area contributed by atoms with Gasteiger partial charge in [-0.1, -0.05) is 5.16 Å². The quantitative estimate of drug-likeness (QED) is 0.144. The van der Waals surface area contributed by atoms with Crippen molar-refractivity contribution in [3.05, 3.63) is 39.6 Å². The van der Waals surface area contributed by atoms with E-state index in [1.54, 1.807) is 12.4 Å². The van der Waals surface area contributed by atoms with Crippen molar-refractivity contribution in [3.63, 3.8) is 0 Å². The molecule has 0 radical (unpaired) electrons. The van der Waals surface area contributed by atoms with E-state index in [4.69, 9.17) is 5.73 Å². The Morgan fingerprint density at radius 1 is 1.42 bits per heavy atom. The molecule has 6 N–H and O–H groups in total. The van der Waals surface area contributed by atoms with E-state index in [1.807, 2.05) is 0 Å². The van der Waals surface area contributed by atoms with E-state index >= 15 is 0 Å². The van der Waals surface area contributed by atoms with Gasteiger partial charge in [-0.05, 0) is 0 Å². The number of nitrogens with zero attached hydrogens (tertiary/aromatic N) is 4. The van der Waals surface area contributed by atoms with Crippen molar-refractivity contribution >= 4 is 88.3 Å². The molecule has 4 heterocycles. The van der Waals surface area contributed by atoms with Gasteiger partial charge in [0, 0.05) is 33.6 Å². The van der Waals surface area contributed by atoms with Crippen LogP contribution >= 0.6 is 59.7 Å². The summed E-state index contributed by atoms with van der Waals surface area (Å²) in [6.07, 6.45) is 3.35. The van der Waals surface area contributed by atoms with Crippen LogP contribution in [-0.2, 0) is 20.1 Å². The van der Waals surface area contributed by atoms with Crippen LogP contribution in [0, 0.1) is 0 Å². The minimum atomic E-state index is -1.21. The summed E-state index contributed by atoms with van der Waals surface area (Å²) in [5.74, 6) is -1.71. The molecular weight excluding hydrogens is 537 g/mol. The Labute approximate surface area is 211 Å².